The third-order valence-electron chi connectivity index (χ3n) is 2.98. The van der Waals surface area contributed by atoms with Crippen LogP contribution in [0.2, 0.25) is 0 Å². The molecule has 86 valence electrons. The van der Waals surface area contributed by atoms with Gasteiger partial charge in [-0.3, -0.25) is 4.79 Å². The van der Waals surface area contributed by atoms with Gasteiger partial charge >= 0.3 is 0 Å². The Labute approximate surface area is 96.5 Å². The second-order valence-corrected chi connectivity index (χ2v) is 4.76. The molecule has 0 amide bonds. The van der Waals surface area contributed by atoms with Gasteiger partial charge in [0.15, 0.2) is 6.29 Å². The maximum atomic E-state index is 10.6. The predicted molar refractivity (Wildman–Crippen MR) is 64.8 cm³/mol. The summed E-state index contributed by atoms with van der Waals surface area (Å²) < 4.78 is 0. The molecular weight excluding hydrogens is 200 g/mol. The van der Waals surface area contributed by atoms with E-state index in [2.05, 4.69) is 23.7 Å². The molecule has 0 radical (unpaired) electrons. The molecule has 1 aliphatic rings. The number of carbonyl (C=O) groups excluding carboxylic acids is 1. The average Bonchev–Trinajstić information content (AvgIpc) is 3.09. The number of nitrogens with zero attached hydrogens (tertiary/aromatic N) is 2. The van der Waals surface area contributed by atoms with E-state index in [1.54, 1.807) is 6.20 Å². The monoisotopic (exact) mass is 218 g/mol. The van der Waals surface area contributed by atoms with Gasteiger partial charge in [-0.1, -0.05) is 0 Å². The number of aldehydes is 1. The summed E-state index contributed by atoms with van der Waals surface area (Å²) in [5.41, 5.74) is 0.638. The summed E-state index contributed by atoms with van der Waals surface area (Å²) in [4.78, 5) is 17.2. The molecule has 0 spiro atoms. The lowest BCUT2D eigenvalue weighted by molar-refractivity contribution is 0.112. The number of pyridine rings is 1. The number of carbonyl (C=O) groups is 1. The van der Waals surface area contributed by atoms with Crippen LogP contribution >= 0.6 is 0 Å². The summed E-state index contributed by atoms with van der Waals surface area (Å²) in [6, 6.07) is 4.22. The van der Waals surface area contributed by atoms with Gasteiger partial charge in [0.05, 0.1) is 0 Å². The summed E-state index contributed by atoms with van der Waals surface area (Å²) >= 11 is 0. The zero-order chi connectivity index (χ0) is 11.5. The fraction of sp³-hybridized carbons (Fsp3) is 0.538. The van der Waals surface area contributed by atoms with Crippen LogP contribution in [0, 0.1) is 5.92 Å². The van der Waals surface area contributed by atoms with Gasteiger partial charge < -0.3 is 4.90 Å². The van der Waals surface area contributed by atoms with Gasteiger partial charge in [-0.05, 0) is 44.7 Å². The van der Waals surface area contributed by atoms with Crippen molar-refractivity contribution in [3.63, 3.8) is 0 Å². The molecule has 0 unspecified atom stereocenters. The quantitative estimate of drug-likeness (QED) is 0.712. The molecule has 1 fully saturated rings. The number of anilines is 1. The minimum Gasteiger partial charge on any atom is -0.354 e. The van der Waals surface area contributed by atoms with E-state index in [4.69, 9.17) is 0 Å². The van der Waals surface area contributed by atoms with Crippen LogP contribution in [0.3, 0.4) is 0 Å². The van der Waals surface area contributed by atoms with Gasteiger partial charge in [0.25, 0.3) is 0 Å². The molecular formula is C13H18N2O. The average molecular weight is 218 g/mol. The molecule has 16 heavy (non-hydrogen) atoms. The highest BCUT2D eigenvalue weighted by Gasteiger charge is 2.26. The van der Waals surface area contributed by atoms with E-state index in [1.165, 1.54) is 12.8 Å². The lowest BCUT2D eigenvalue weighted by atomic mass is 10.2. The normalized spacial score (nSPS) is 15.2. The minimum atomic E-state index is 0.454. The second kappa shape index (κ2) is 4.64. The van der Waals surface area contributed by atoms with Gasteiger partial charge in [0.2, 0.25) is 0 Å². The summed E-state index contributed by atoms with van der Waals surface area (Å²) in [6.45, 7) is 5.44. The summed E-state index contributed by atoms with van der Waals surface area (Å²) in [7, 11) is 0. The zero-order valence-corrected chi connectivity index (χ0v) is 9.89. The van der Waals surface area contributed by atoms with Crippen LogP contribution < -0.4 is 4.90 Å². The van der Waals surface area contributed by atoms with Gasteiger partial charge in [0.1, 0.15) is 5.82 Å². The molecule has 1 aliphatic carbocycles. The van der Waals surface area contributed by atoms with Gasteiger partial charge in [-0.25, -0.2) is 4.98 Å². The fourth-order valence-electron chi connectivity index (χ4n) is 1.78. The fourth-order valence-corrected chi connectivity index (χ4v) is 1.78. The number of hydrogen-bond acceptors (Lipinski definition) is 3. The third kappa shape index (κ3) is 2.60. The van der Waals surface area contributed by atoms with Crippen molar-refractivity contribution < 1.29 is 4.79 Å². The van der Waals surface area contributed by atoms with Crippen molar-refractivity contribution in [3.05, 3.63) is 23.9 Å². The molecule has 0 atom stereocenters. The molecule has 2 rings (SSSR count). The molecule has 0 aliphatic heterocycles. The first-order chi connectivity index (χ1) is 7.70. The summed E-state index contributed by atoms with van der Waals surface area (Å²) in [6.07, 6.45) is 5.16. The molecule has 3 heteroatoms. The largest absolute Gasteiger partial charge is 0.354 e. The molecule has 1 heterocycles. The number of hydrogen-bond donors (Lipinski definition) is 0. The van der Waals surface area contributed by atoms with Crippen LogP contribution in [0.5, 0.6) is 0 Å². The van der Waals surface area contributed by atoms with E-state index in [-0.39, 0.29) is 0 Å². The lowest BCUT2D eigenvalue weighted by Gasteiger charge is -2.27. The highest BCUT2D eigenvalue weighted by atomic mass is 16.1. The minimum absolute atomic E-state index is 0.454. The SMILES string of the molecule is CC(C)N(CC1CC1)c1ccc(C=O)cn1. The van der Waals surface area contributed by atoms with Crippen molar-refractivity contribution in [3.8, 4) is 0 Å². The molecule has 0 bridgehead atoms. The van der Waals surface area contributed by atoms with E-state index < -0.39 is 0 Å². The van der Waals surface area contributed by atoms with Crippen LogP contribution in [0.25, 0.3) is 0 Å². The van der Waals surface area contributed by atoms with E-state index in [0.29, 0.717) is 11.6 Å². The van der Waals surface area contributed by atoms with Crippen LogP contribution in [-0.2, 0) is 0 Å². The molecule has 3 nitrogen and oxygen atoms in total. The van der Waals surface area contributed by atoms with Gasteiger partial charge in [-0.15, -0.1) is 0 Å². The van der Waals surface area contributed by atoms with Crippen LogP contribution in [0.15, 0.2) is 18.3 Å². The first-order valence-electron chi connectivity index (χ1n) is 5.88. The first-order valence-corrected chi connectivity index (χ1v) is 5.88. The van der Waals surface area contributed by atoms with Crippen molar-refractivity contribution in [2.45, 2.75) is 32.7 Å². The lowest BCUT2D eigenvalue weighted by Crippen LogP contribution is -2.33. The topological polar surface area (TPSA) is 33.2 Å². The van der Waals surface area contributed by atoms with Crippen molar-refractivity contribution in [2.75, 3.05) is 11.4 Å². The smallest absolute Gasteiger partial charge is 0.151 e. The van der Waals surface area contributed by atoms with E-state index in [1.807, 2.05) is 12.1 Å². The molecule has 0 aromatic carbocycles. The Morgan fingerprint density at radius 3 is 2.69 bits per heavy atom. The Kier molecular flexibility index (Phi) is 3.22. The predicted octanol–water partition coefficient (Wildman–Crippen LogP) is 2.52. The van der Waals surface area contributed by atoms with E-state index in [0.717, 1.165) is 24.6 Å². The van der Waals surface area contributed by atoms with Gasteiger partial charge in [0, 0.05) is 24.3 Å². The Morgan fingerprint density at radius 1 is 1.50 bits per heavy atom. The molecule has 1 saturated carbocycles. The Bertz CT molecular complexity index is 355. The van der Waals surface area contributed by atoms with E-state index >= 15 is 0 Å². The first kappa shape index (κ1) is 11.1. The summed E-state index contributed by atoms with van der Waals surface area (Å²) in [5, 5.41) is 0. The second-order valence-electron chi connectivity index (χ2n) is 4.76. The highest BCUT2D eigenvalue weighted by molar-refractivity contribution is 5.74. The number of aromatic nitrogens is 1. The van der Waals surface area contributed by atoms with E-state index in [9.17, 15) is 4.79 Å². The maximum absolute atomic E-state index is 10.6. The zero-order valence-electron chi connectivity index (χ0n) is 9.89. The highest BCUT2D eigenvalue weighted by Crippen LogP contribution is 2.31. The Hall–Kier alpha value is -1.38. The standard InChI is InChI=1S/C13H18N2O/c1-10(2)15(8-11-3-4-11)13-6-5-12(9-16)7-14-13/h5-7,9-11H,3-4,8H2,1-2H3. The Balaban J connectivity index is 2.13. The molecule has 0 saturated heterocycles. The van der Waals surface area contributed by atoms with Crippen LogP contribution in [-0.4, -0.2) is 23.9 Å². The molecule has 1 aromatic heterocycles. The third-order valence-corrected chi connectivity index (χ3v) is 2.98. The summed E-state index contributed by atoms with van der Waals surface area (Å²) in [5.74, 6) is 1.82. The van der Waals surface area contributed by atoms with Crippen LogP contribution in [0.1, 0.15) is 37.0 Å². The van der Waals surface area contributed by atoms with Crippen molar-refractivity contribution in [2.24, 2.45) is 5.92 Å². The molecule has 1 aromatic rings. The Morgan fingerprint density at radius 2 is 2.25 bits per heavy atom. The van der Waals surface area contributed by atoms with Gasteiger partial charge in [-0.2, -0.15) is 0 Å². The van der Waals surface area contributed by atoms with Crippen molar-refractivity contribution in [1.82, 2.24) is 4.98 Å². The maximum Gasteiger partial charge on any atom is 0.151 e. The van der Waals surface area contributed by atoms with Crippen LogP contribution in [0.4, 0.5) is 5.82 Å². The van der Waals surface area contributed by atoms with Crippen molar-refractivity contribution in [1.29, 1.82) is 0 Å². The van der Waals surface area contributed by atoms with Crippen molar-refractivity contribution >= 4 is 12.1 Å². The number of rotatable bonds is 5. The molecule has 0 N–H and O–H groups in total.